The highest BCUT2D eigenvalue weighted by Crippen LogP contribution is 2.31. The van der Waals surface area contributed by atoms with Crippen LogP contribution in [0.3, 0.4) is 0 Å². The average molecular weight is 261 g/mol. The summed E-state index contributed by atoms with van der Waals surface area (Å²) >= 11 is 11.9. The number of ketones is 1. The van der Waals surface area contributed by atoms with Gasteiger partial charge in [0.15, 0.2) is 5.78 Å². The van der Waals surface area contributed by atoms with E-state index in [2.05, 4.69) is 0 Å². The second kappa shape index (κ2) is 6.12. The molecule has 0 aliphatic rings. The van der Waals surface area contributed by atoms with E-state index in [0.29, 0.717) is 27.8 Å². The summed E-state index contributed by atoms with van der Waals surface area (Å²) in [5, 5.41) is 0.800. The molecule has 0 heterocycles. The molecule has 0 amide bonds. The molecule has 0 atom stereocenters. The monoisotopic (exact) mass is 260 g/mol. The lowest BCUT2D eigenvalue weighted by atomic mass is 10.1. The van der Waals surface area contributed by atoms with E-state index in [1.807, 2.05) is 6.92 Å². The van der Waals surface area contributed by atoms with Crippen LogP contribution in [0.4, 0.5) is 0 Å². The largest absolute Gasteiger partial charge is 0.495 e. The molecule has 0 N–H and O–H groups in total. The van der Waals surface area contributed by atoms with Crippen molar-refractivity contribution in [2.24, 2.45) is 0 Å². The third-order valence-electron chi connectivity index (χ3n) is 2.30. The van der Waals surface area contributed by atoms with Gasteiger partial charge in [0.1, 0.15) is 5.75 Å². The maximum absolute atomic E-state index is 11.8. The molecular weight excluding hydrogens is 247 g/mol. The van der Waals surface area contributed by atoms with Gasteiger partial charge in [0.2, 0.25) is 0 Å². The van der Waals surface area contributed by atoms with Crippen LogP contribution in [0.2, 0.25) is 10.0 Å². The van der Waals surface area contributed by atoms with Gasteiger partial charge in [-0.25, -0.2) is 0 Å². The van der Waals surface area contributed by atoms with E-state index in [9.17, 15) is 4.79 Å². The quantitative estimate of drug-likeness (QED) is 0.735. The molecule has 0 bridgehead atoms. The van der Waals surface area contributed by atoms with E-state index in [0.717, 1.165) is 12.8 Å². The van der Waals surface area contributed by atoms with Gasteiger partial charge in [-0.2, -0.15) is 0 Å². The number of hydrogen-bond donors (Lipinski definition) is 0. The Kier molecular flexibility index (Phi) is 5.10. The Morgan fingerprint density at radius 3 is 2.56 bits per heavy atom. The molecule has 2 nitrogen and oxygen atoms in total. The molecule has 0 saturated heterocycles. The molecule has 1 aromatic rings. The molecule has 1 rings (SSSR count). The van der Waals surface area contributed by atoms with Crippen molar-refractivity contribution in [1.82, 2.24) is 0 Å². The normalized spacial score (nSPS) is 10.2. The van der Waals surface area contributed by atoms with Gasteiger partial charge < -0.3 is 4.74 Å². The summed E-state index contributed by atoms with van der Waals surface area (Å²) in [7, 11) is 1.51. The molecule has 0 aliphatic carbocycles. The molecule has 0 unspecified atom stereocenters. The van der Waals surface area contributed by atoms with Crippen LogP contribution in [0.1, 0.15) is 36.5 Å². The Balaban J connectivity index is 2.97. The lowest BCUT2D eigenvalue weighted by molar-refractivity contribution is 0.0980. The first-order chi connectivity index (χ1) is 7.60. The summed E-state index contributed by atoms with van der Waals surface area (Å²) in [4.78, 5) is 11.8. The number of rotatable bonds is 5. The highest BCUT2D eigenvalue weighted by Gasteiger charge is 2.13. The summed E-state index contributed by atoms with van der Waals surface area (Å²) in [6.07, 6.45) is 2.34. The summed E-state index contributed by atoms with van der Waals surface area (Å²) in [6.45, 7) is 2.04. The molecule has 1 aromatic carbocycles. The van der Waals surface area contributed by atoms with E-state index in [-0.39, 0.29) is 5.78 Å². The topological polar surface area (TPSA) is 26.3 Å². The number of Topliss-reactive ketones (excluding diaryl/α,β-unsaturated/α-hetero) is 1. The molecule has 0 aromatic heterocycles. The molecule has 0 fully saturated rings. The predicted octanol–water partition coefficient (Wildman–Crippen LogP) is 4.37. The number of methoxy groups -OCH3 is 1. The number of hydrogen-bond acceptors (Lipinski definition) is 2. The molecule has 88 valence electrons. The fourth-order valence-electron chi connectivity index (χ4n) is 1.37. The maximum atomic E-state index is 11.8. The number of halogens is 2. The van der Waals surface area contributed by atoms with Crippen molar-refractivity contribution in [1.29, 1.82) is 0 Å². The van der Waals surface area contributed by atoms with Crippen molar-refractivity contribution in [3.05, 3.63) is 27.7 Å². The van der Waals surface area contributed by atoms with Gasteiger partial charge in [0.05, 0.1) is 17.2 Å². The van der Waals surface area contributed by atoms with Crippen LogP contribution in [-0.2, 0) is 0 Å². The van der Waals surface area contributed by atoms with Gasteiger partial charge in [-0.3, -0.25) is 4.79 Å². The van der Waals surface area contributed by atoms with Crippen molar-refractivity contribution in [2.45, 2.75) is 26.2 Å². The minimum Gasteiger partial charge on any atom is -0.495 e. The number of carbonyl (C=O) groups excluding carboxylic acids is 1. The second-order valence-electron chi connectivity index (χ2n) is 3.49. The van der Waals surface area contributed by atoms with Gasteiger partial charge in [0.25, 0.3) is 0 Å². The SMILES string of the molecule is CCCCC(=O)c1cc(Cl)c(OC)cc1Cl. The van der Waals surface area contributed by atoms with Crippen molar-refractivity contribution in [2.75, 3.05) is 7.11 Å². The fourth-order valence-corrected chi connectivity index (χ4v) is 1.87. The molecule has 0 spiro atoms. The van der Waals surface area contributed by atoms with E-state index < -0.39 is 0 Å². The molecule has 16 heavy (non-hydrogen) atoms. The van der Waals surface area contributed by atoms with Crippen molar-refractivity contribution >= 4 is 29.0 Å². The van der Waals surface area contributed by atoms with Crippen molar-refractivity contribution in [3.63, 3.8) is 0 Å². The van der Waals surface area contributed by atoms with Crippen LogP contribution in [0.5, 0.6) is 5.75 Å². The highest BCUT2D eigenvalue weighted by atomic mass is 35.5. The summed E-state index contributed by atoms with van der Waals surface area (Å²) < 4.78 is 5.01. The van der Waals surface area contributed by atoms with E-state index in [1.54, 1.807) is 12.1 Å². The number of unbranched alkanes of at least 4 members (excludes halogenated alkanes) is 1. The van der Waals surface area contributed by atoms with Crippen LogP contribution in [-0.4, -0.2) is 12.9 Å². The number of carbonyl (C=O) groups is 1. The van der Waals surface area contributed by atoms with Crippen LogP contribution in [0, 0.1) is 0 Å². The van der Waals surface area contributed by atoms with Crippen LogP contribution in [0.25, 0.3) is 0 Å². The predicted molar refractivity (Wildman–Crippen MR) is 66.9 cm³/mol. The van der Waals surface area contributed by atoms with Gasteiger partial charge >= 0.3 is 0 Å². The zero-order valence-corrected chi connectivity index (χ0v) is 10.9. The number of benzene rings is 1. The van der Waals surface area contributed by atoms with Crippen LogP contribution >= 0.6 is 23.2 Å². The first-order valence-corrected chi connectivity index (χ1v) is 5.92. The van der Waals surface area contributed by atoms with Gasteiger partial charge in [-0.05, 0) is 12.5 Å². The van der Waals surface area contributed by atoms with Crippen LogP contribution in [0.15, 0.2) is 12.1 Å². The van der Waals surface area contributed by atoms with Crippen LogP contribution < -0.4 is 4.74 Å². The first-order valence-electron chi connectivity index (χ1n) is 5.16. The summed E-state index contributed by atoms with van der Waals surface area (Å²) in [5.74, 6) is 0.509. The Hall–Kier alpha value is -0.730. The van der Waals surface area contributed by atoms with E-state index >= 15 is 0 Å². The first kappa shape index (κ1) is 13.3. The molecular formula is C12H14Cl2O2. The van der Waals surface area contributed by atoms with Crippen molar-refractivity contribution < 1.29 is 9.53 Å². The molecule has 0 aliphatic heterocycles. The summed E-state index contributed by atoms with van der Waals surface area (Å²) in [6, 6.07) is 3.14. The van der Waals surface area contributed by atoms with Crippen molar-refractivity contribution in [3.8, 4) is 5.75 Å². The van der Waals surface area contributed by atoms with Gasteiger partial charge in [0, 0.05) is 18.1 Å². The minimum atomic E-state index is 0.0244. The second-order valence-corrected chi connectivity index (χ2v) is 4.31. The Morgan fingerprint density at radius 2 is 2.00 bits per heavy atom. The Bertz CT molecular complexity index is 389. The molecule has 0 radical (unpaired) electrons. The molecule has 4 heteroatoms. The average Bonchev–Trinajstić information content (AvgIpc) is 2.28. The minimum absolute atomic E-state index is 0.0244. The van der Waals surface area contributed by atoms with E-state index in [4.69, 9.17) is 27.9 Å². The summed E-state index contributed by atoms with van der Waals surface area (Å²) in [5.41, 5.74) is 0.473. The van der Waals surface area contributed by atoms with E-state index in [1.165, 1.54) is 7.11 Å². The van der Waals surface area contributed by atoms with Gasteiger partial charge in [-0.1, -0.05) is 36.5 Å². The third kappa shape index (κ3) is 3.13. The number of ether oxygens (including phenoxy) is 1. The maximum Gasteiger partial charge on any atom is 0.164 e. The highest BCUT2D eigenvalue weighted by molar-refractivity contribution is 6.36. The molecule has 0 saturated carbocycles. The Morgan fingerprint density at radius 1 is 1.31 bits per heavy atom. The standard InChI is InChI=1S/C12H14Cl2O2/c1-3-4-5-11(15)8-6-10(14)12(16-2)7-9(8)13/h6-7H,3-5H2,1-2H3. The zero-order chi connectivity index (χ0) is 12.1. The third-order valence-corrected chi connectivity index (χ3v) is 2.91. The Labute approximate surface area is 106 Å². The van der Waals surface area contributed by atoms with Gasteiger partial charge in [-0.15, -0.1) is 0 Å². The lowest BCUT2D eigenvalue weighted by Gasteiger charge is -2.07. The zero-order valence-electron chi connectivity index (χ0n) is 9.35. The smallest absolute Gasteiger partial charge is 0.164 e. The lowest BCUT2D eigenvalue weighted by Crippen LogP contribution is -2.00. The fraction of sp³-hybridized carbons (Fsp3) is 0.417.